The summed E-state index contributed by atoms with van der Waals surface area (Å²) in [6.07, 6.45) is 3.97. The molecule has 1 aliphatic rings. The molecule has 0 saturated carbocycles. The van der Waals surface area contributed by atoms with E-state index in [1.807, 2.05) is 0 Å². The van der Waals surface area contributed by atoms with Crippen LogP contribution in [0, 0.1) is 0 Å². The largest absolute Gasteiger partial charge is 0.481 e. The quantitative estimate of drug-likeness (QED) is 0.730. The molecule has 0 radical (unpaired) electrons. The summed E-state index contributed by atoms with van der Waals surface area (Å²) < 4.78 is 0. The highest BCUT2D eigenvalue weighted by atomic mass is 16.4. The number of aromatic nitrogens is 1. The fourth-order valence-corrected chi connectivity index (χ4v) is 2.12. The number of aliphatic carboxylic acids is 1. The zero-order valence-electron chi connectivity index (χ0n) is 10.6. The molecule has 0 spiro atoms. The number of hydrogen-bond donors (Lipinski definition) is 3. The smallest absolute Gasteiger partial charge is 0.309 e. The van der Waals surface area contributed by atoms with Gasteiger partial charge in [0.25, 0.3) is 0 Å². The Morgan fingerprint density at radius 1 is 1.47 bits per heavy atom. The van der Waals surface area contributed by atoms with E-state index in [9.17, 15) is 9.59 Å². The normalized spacial score (nSPS) is 18.2. The molecule has 0 aliphatic carbocycles. The first kappa shape index (κ1) is 13.5. The Labute approximate surface area is 111 Å². The molecule has 1 aromatic rings. The number of carbonyl (C=O) groups is 2. The lowest BCUT2D eigenvalue weighted by Crippen LogP contribution is -2.27. The Bertz CT molecular complexity index is 453. The Morgan fingerprint density at radius 2 is 2.32 bits per heavy atom. The van der Waals surface area contributed by atoms with E-state index in [4.69, 9.17) is 5.11 Å². The summed E-state index contributed by atoms with van der Waals surface area (Å²) in [5.41, 5.74) is 1.07. The number of carboxylic acid groups (broad SMARTS) is 1. The van der Waals surface area contributed by atoms with E-state index < -0.39 is 5.97 Å². The number of pyridine rings is 1. The van der Waals surface area contributed by atoms with Crippen molar-refractivity contribution in [1.29, 1.82) is 0 Å². The van der Waals surface area contributed by atoms with Gasteiger partial charge in [0.2, 0.25) is 5.91 Å². The van der Waals surface area contributed by atoms with E-state index in [2.05, 4.69) is 15.6 Å². The van der Waals surface area contributed by atoms with Crippen LogP contribution in [0.25, 0.3) is 0 Å². The van der Waals surface area contributed by atoms with Gasteiger partial charge >= 0.3 is 5.97 Å². The minimum atomic E-state index is -0.920. The lowest BCUT2D eigenvalue weighted by atomic mass is 10.1. The predicted octanol–water partition coefficient (Wildman–Crippen LogP) is 0.789. The molecule has 0 bridgehead atoms. The molecule has 102 valence electrons. The van der Waals surface area contributed by atoms with E-state index in [0.29, 0.717) is 17.8 Å². The molecule has 2 heterocycles. The van der Waals surface area contributed by atoms with Gasteiger partial charge in [-0.15, -0.1) is 0 Å². The molecule has 1 aromatic heterocycles. The molecule has 1 fully saturated rings. The van der Waals surface area contributed by atoms with Gasteiger partial charge in [0, 0.05) is 12.5 Å². The minimum Gasteiger partial charge on any atom is -0.481 e. The number of nitrogens with one attached hydrogen (secondary N) is 2. The van der Waals surface area contributed by atoms with Crippen LogP contribution in [0.15, 0.2) is 18.3 Å². The van der Waals surface area contributed by atoms with E-state index in [-0.39, 0.29) is 18.4 Å². The summed E-state index contributed by atoms with van der Waals surface area (Å²) in [5, 5.41) is 14.6. The first-order valence-electron chi connectivity index (χ1n) is 6.33. The molecule has 1 amide bonds. The maximum atomic E-state index is 11.8. The standard InChI is InChI=1S/C13H17N3O3/c17-12(6-9-2-1-5-14-9)16-11-4-3-10(15-8-11)7-13(18)19/h3-4,8-9,14H,1-2,5-7H2,(H,16,17)(H,18,19). The first-order chi connectivity index (χ1) is 9.13. The molecule has 1 atom stereocenters. The van der Waals surface area contributed by atoms with Gasteiger partial charge in [0.15, 0.2) is 0 Å². The monoisotopic (exact) mass is 263 g/mol. The van der Waals surface area contributed by atoms with E-state index in [0.717, 1.165) is 19.4 Å². The third kappa shape index (κ3) is 4.33. The second-order valence-corrected chi connectivity index (χ2v) is 4.65. The van der Waals surface area contributed by atoms with Crippen molar-refractivity contribution in [3.63, 3.8) is 0 Å². The summed E-state index contributed by atoms with van der Waals surface area (Å²) in [6.45, 7) is 0.976. The molecular weight excluding hydrogens is 246 g/mol. The molecule has 1 unspecified atom stereocenters. The average molecular weight is 263 g/mol. The minimum absolute atomic E-state index is 0.0489. The maximum absolute atomic E-state index is 11.8. The number of rotatable bonds is 5. The highest BCUT2D eigenvalue weighted by molar-refractivity contribution is 5.90. The van der Waals surface area contributed by atoms with Crippen molar-refractivity contribution < 1.29 is 14.7 Å². The second-order valence-electron chi connectivity index (χ2n) is 4.65. The fourth-order valence-electron chi connectivity index (χ4n) is 2.12. The Balaban J connectivity index is 1.84. The summed E-state index contributed by atoms with van der Waals surface area (Å²) in [6, 6.07) is 3.54. The van der Waals surface area contributed by atoms with Gasteiger partial charge in [0.1, 0.15) is 0 Å². The Hall–Kier alpha value is -1.95. The second kappa shape index (κ2) is 6.29. The molecule has 19 heavy (non-hydrogen) atoms. The van der Waals surface area contributed by atoms with Crippen molar-refractivity contribution in [3.8, 4) is 0 Å². The predicted molar refractivity (Wildman–Crippen MR) is 69.8 cm³/mol. The van der Waals surface area contributed by atoms with Crippen molar-refractivity contribution in [3.05, 3.63) is 24.0 Å². The molecule has 0 aromatic carbocycles. The van der Waals surface area contributed by atoms with Gasteiger partial charge in [-0.25, -0.2) is 0 Å². The number of carbonyl (C=O) groups excluding carboxylic acids is 1. The maximum Gasteiger partial charge on any atom is 0.309 e. The summed E-state index contributed by atoms with van der Waals surface area (Å²) in [4.78, 5) is 26.3. The van der Waals surface area contributed by atoms with Crippen molar-refractivity contribution in [2.24, 2.45) is 0 Å². The molecular formula is C13H17N3O3. The van der Waals surface area contributed by atoms with E-state index in [1.54, 1.807) is 12.1 Å². The van der Waals surface area contributed by atoms with Gasteiger partial charge in [-0.3, -0.25) is 14.6 Å². The molecule has 6 heteroatoms. The zero-order valence-corrected chi connectivity index (χ0v) is 10.6. The molecule has 3 N–H and O–H groups in total. The van der Waals surface area contributed by atoms with Gasteiger partial charge in [-0.1, -0.05) is 0 Å². The SMILES string of the molecule is O=C(O)Cc1ccc(NC(=O)CC2CCCN2)cn1. The van der Waals surface area contributed by atoms with Gasteiger partial charge in [0.05, 0.1) is 24.0 Å². The molecule has 2 rings (SSSR count). The van der Waals surface area contributed by atoms with Crippen LogP contribution in [0.4, 0.5) is 5.69 Å². The van der Waals surface area contributed by atoms with Crippen LogP contribution in [-0.2, 0) is 16.0 Å². The Kier molecular flexibility index (Phi) is 4.46. The van der Waals surface area contributed by atoms with Crippen LogP contribution in [-0.4, -0.2) is 34.6 Å². The van der Waals surface area contributed by atoms with Crippen molar-refractivity contribution in [1.82, 2.24) is 10.3 Å². The van der Waals surface area contributed by atoms with E-state index >= 15 is 0 Å². The number of nitrogens with zero attached hydrogens (tertiary/aromatic N) is 1. The van der Waals surface area contributed by atoms with Crippen LogP contribution in [0.1, 0.15) is 25.0 Å². The zero-order chi connectivity index (χ0) is 13.7. The van der Waals surface area contributed by atoms with Gasteiger partial charge in [-0.2, -0.15) is 0 Å². The summed E-state index contributed by atoms with van der Waals surface area (Å²) >= 11 is 0. The lowest BCUT2D eigenvalue weighted by molar-refractivity contribution is -0.136. The van der Waals surface area contributed by atoms with Gasteiger partial charge in [-0.05, 0) is 31.5 Å². The lowest BCUT2D eigenvalue weighted by Gasteiger charge is -2.10. The van der Waals surface area contributed by atoms with E-state index in [1.165, 1.54) is 6.20 Å². The molecule has 6 nitrogen and oxygen atoms in total. The van der Waals surface area contributed by atoms with Gasteiger partial charge < -0.3 is 15.7 Å². The van der Waals surface area contributed by atoms with Crippen LogP contribution in [0.2, 0.25) is 0 Å². The highest BCUT2D eigenvalue weighted by Crippen LogP contribution is 2.11. The topological polar surface area (TPSA) is 91.3 Å². The number of carboxylic acids is 1. The van der Waals surface area contributed by atoms with Crippen LogP contribution in [0.5, 0.6) is 0 Å². The highest BCUT2D eigenvalue weighted by Gasteiger charge is 2.17. The van der Waals surface area contributed by atoms with Crippen molar-refractivity contribution in [2.75, 3.05) is 11.9 Å². The fraction of sp³-hybridized carbons (Fsp3) is 0.462. The van der Waals surface area contributed by atoms with Crippen molar-refractivity contribution >= 4 is 17.6 Å². The third-order valence-corrected chi connectivity index (χ3v) is 3.04. The third-order valence-electron chi connectivity index (χ3n) is 3.04. The van der Waals surface area contributed by atoms with Crippen LogP contribution >= 0.6 is 0 Å². The summed E-state index contributed by atoms with van der Waals surface area (Å²) in [5.74, 6) is -0.969. The van der Waals surface area contributed by atoms with Crippen molar-refractivity contribution in [2.45, 2.75) is 31.7 Å². The van der Waals surface area contributed by atoms with Crippen LogP contribution in [0.3, 0.4) is 0 Å². The number of hydrogen-bond acceptors (Lipinski definition) is 4. The molecule has 1 saturated heterocycles. The summed E-state index contributed by atoms with van der Waals surface area (Å²) in [7, 11) is 0. The van der Waals surface area contributed by atoms with Crippen LogP contribution < -0.4 is 10.6 Å². The number of amides is 1. The average Bonchev–Trinajstić information content (AvgIpc) is 2.83. The first-order valence-corrected chi connectivity index (χ1v) is 6.33. The molecule has 1 aliphatic heterocycles. The number of anilines is 1. The Morgan fingerprint density at radius 3 is 2.89 bits per heavy atom.